The van der Waals surface area contributed by atoms with Gasteiger partial charge in [0.05, 0.1) is 18.3 Å². The first-order valence-corrected chi connectivity index (χ1v) is 8.19. The molecule has 2 amide bonds. The highest BCUT2D eigenvalue weighted by molar-refractivity contribution is 6.05. The summed E-state index contributed by atoms with van der Waals surface area (Å²) in [6.45, 7) is 1.92. The third-order valence-electron chi connectivity index (χ3n) is 3.73. The fourth-order valence-electron chi connectivity index (χ4n) is 2.42. The van der Waals surface area contributed by atoms with Gasteiger partial charge in [0.1, 0.15) is 17.0 Å². The number of pyridine rings is 1. The Kier molecular flexibility index (Phi) is 5.11. The number of benzene rings is 1. The van der Waals surface area contributed by atoms with Crippen LogP contribution in [0, 0.1) is 0 Å². The third kappa shape index (κ3) is 3.92. The van der Waals surface area contributed by atoms with Crippen LogP contribution in [-0.2, 0) is 4.74 Å². The largest absolute Gasteiger partial charge is 0.450 e. The molecule has 9 nitrogen and oxygen atoms in total. The van der Waals surface area contributed by atoms with Crippen molar-refractivity contribution in [1.29, 1.82) is 0 Å². The molecule has 0 saturated carbocycles. The number of ether oxygens (including phenoxy) is 1. The van der Waals surface area contributed by atoms with E-state index in [0.717, 1.165) is 5.69 Å². The van der Waals surface area contributed by atoms with Gasteiger partial charge in [0.15, 0.2) is 5.82 Å². The van der Waals surface area contributed by atoms with Crippen molar-refractivity contribution in [3.63, 3.8) is 0 Å². The molecule has 0 spiro atoms. The Morgan fingerprint density at radius 2 is 1.96 bits per heavy atom. The van der Waals surface area contributed by atoms with Gasteiger partial charge in [-0.3, -0.25) is 15.1 Å². The maximum Gasteiger partial charge on any atom is 0.412 e. The van der Waals surface area contributed by atoms with Gasteiger partial charge in [0, 0.05) is 18.8 Å². The van der Waals surface area contributed by atoms with E-state index in [1.807, 2.05) is 30.3 Å². The minimum atomic E-state index is -0.645. The van der Waals surface area contributed by atoms with Gasteiger partial charge in [-0.05, 0) is 19.1 Å². The Hall–Kier alpha value is -3.75. The van der Waals surface area contributed by atoms with Gasteiger partial charge in [-0.15, -0.1) is 0 Å². The van der Waals surface area contributed by atoms with Crippen LogP contribution in [0.4, 0.5) is 22.1 Å². The van der Waals surface area contributed by atoms with Crippen molar-refractivity contribution in [3.05, 3.63) is 48.3 Å². The molecule has 0 aliphatic rings. The number of amides is 2. The number of hydrogen-bond acceptors (Lipinski definition) is 7. The number of carbonyl (C=O) groups is 2. The molecule has 0 aliphatic heterocycles. The van der Waals surface area contributed by atoms with E-state index in [1.165, 1.54) is 17.2 Å². The maximum atomic E-state index is 12.7. The molecule has 2 aromatic heterocycles. The molecule has 138 valence electrons. The van der Waals surface area contributed by atoms with Crippen molar-refractivity contribution in [2.24, 2.45) is 0 Å². The number of hydrogen-bond donors (Lipinski definition) is 2. The molecule has 0 fully saturated rings. The molecule has 9 heteroatoms. The number of nitrogens with zero attached hydrogens (tertiary/aromatic N) is 4. The Balaban J connectivity index is 1.90. The number of nitrogens with one attached hydrogen (secondary N) is 1. The molecule has 3 aromatic rings. The SMILES string of the molecule is CCOC(=O)Nc1cc2ncc(C(=O)N(C)c3ccccc3)nc2c(N)n1. The first kappa shape index (κ1) is 18.1. The Bertz CT molecular complexity index is 993. The van der Waals surface area contributed by atoms with Crippen molar-refractivity contribution >= 4 is 40.4 Å². The highest BCUT2D eigenvalue weighted by Gasteiger charge is 2.17. The topological polar surface area (TPSA) is 123 Å². The van der Waals surface area contributed by atoms with Gasteiger partial charge in [-0.25, -0.2) is 14.8 Å². The van der Waals surface area contributed by atoms with Crippen LogP contribution in [0.1, 0.15) is 17.4 Å². The van der Waals surface area contributed by atoms with E-state index in [0.29, 0.717) is 5.52 Å². The van der Waals surface area contributed by atoms with E-state index in [9.17, 15) is 9.59 Å². The van der Waals surface area contributed by atoms with Gasteiger partial charge in [-0.2, -0.15) is 0 Å². The molecular weight excluding hydrogens is 348 g/mol. The zero-order chi connectivity index (χ0) is 19.4. The second-order valence-corrected chi connectivity index (χ2v) is 5.56. The number of para-hydroxylation sites is 1. The number of aromatic nitrogens is 3. The van der Waals surface area contributed by atoms with Gasteiger partial charge in [0.2, 0.25) is 0 Å². The monoisotopic (exact) mass is 366 g/mol. The van der Waals surface area contributed by atoms with Gasteiger partial charge in [-0.1, -0.05) is 18.2 Å². The Labute approximate surface area is 155 Å². The molecule has 0 bridgehead atoms. The van der Waals surface area contributed by atoms with Crippen LogP contribution in [0.3, 0.4) is 0 Å². The molecule has 3 rings (SSSR count). The van der Waals surface area contributed by atoms with E-state index < -0.39 is 6.09 Å². The van der Waals surface area contributed by atoms with Crippen LogP contribution in [0.25, 0.3) is 11.0 Å². The summed E-state index contributed by atoms with van der Waals surface area (Å²) >= 11 is 0. The molecule has 2 heterocycles. The first-order valence-electron chi connectivity index (χ1n) is 8.19. The molecule has 0 atom stereocenters. The number of anilines is 3. The molecule has 0 aliphatic carbocycles. The van der Waals surface area contributed by atoms with Crippen LogP contribution in [0.2, 0.25) is 0 Å². The lowest BCUT2D eigenvalue weighted by Crippen LogP contribution is -2.27. The van der Waals surface area contributed by atoms with E-state index in [2.05, 4.69) is 20.3 Å². The quantitative estimate of drug-likeness (QED) is 0.727. The average Bonchev–Trinajstić information content (AvgIpc) is 2.67. The minimum absolute atomic E-state index is 0.0452. The average molecular weight is 366 g/mol. The highest BCUT2D eigenvalue weighted by atomic mass is 16.5. The number of nitrogen functional groups attached to an aromatic ring is 1. The molecular formula is C18H18N6O3. The van der Waals surface area contributed by atoms with Crippen LogP contribution < -0.4 is 16.0 Å². The van der Waals surface area contributed by atoms with Crippen LogP contribution >= 0.6 is 0 Å². The second-order valence-electron chi connectivity index (χ2n) is 5.56. The molecule has 1 aromatic carbocycles. The van der Waals surface area contributed by atoms with Crippen LogP contribution in [0.15, 0.2) is 42.6 Å². The lowest BCUT2D eigenvalue weighted by Gasteiger charge is -2.16. The van der Waals surface area contributed by atoms with Crippen molar-refractivity contribution in [1.82, 2.24) is 15.0 Å². The van der Waals surface area contributed by atoms with E-state index in [4.69, 9.17) is 10.5 Å². The standard InChI is InChI=1S/C18H18N6O3/c1-3-27-18(26)23-14-9-12-15(16(19)22-14)21-13(10-20-12)17(25)24(2)11-7-5-4-6-8-11/h4-10H,3H2,1-2H3,(H3,19,22,23,26). The highest BCUT2D eigenvalue weighted by Crippen LogP contribution is 2.21. The van der Waals surface area contributed by atoms with E-state index >= 15 is 0 Å². The molecule has 0 unspecified atom stereocenters. The Morgan fingerprint density at radius 1 is 1.22 bits per heavy atom. The lowest BCUT2D eigenvalue weighted by atomic mass is 10.2. The van der Waals surface area contributed by atoms with E-state index in [1.54, 1.807) is 14.0 Å². The zero-order valence-electron chi connectivity index (χ0n) is 14.8. The first-order chi connectivity index (χ1) is 13.0. The Morgan fingerprint density at radius 3 is 2.67 bits per heavy atom. The van der Waals surface area contributed by atoms with Crippen LogP contribution in [-0.4, -0.2) is 40.6 Å². The number of fused-ring (bicyclic) bond motifs is 1. The summed E-state index contributed by atoms with van der Waals surface area (Å²) in [6.07, 6.45) is 0.713. The normalized spacial score (nSPS) is 10.4. The molecule has 0 saturated heterocycles. The number of carbonyl (C=O) groups excluding carboxylic acids is 2. The summed E-state index contributed by atoms with van der Waals surface area (Å²) < 4.78 is 4.80. The van der Waals surface area contributed by atoms with Crippen LogP contribution in [0.5, 0.6) is 0 Å². The summed E-state index contributed by atoms with van der Waals surface area (Å²) in [5.74, 6) is -0.0965. The summed E-state index contributed by atoms with van der Waals surface area (Å²) in [5.41, 5.74) is 7.46. The predicted molar refractivity (Wildman–Crippen MR) is 102 cm³/mol. The fourth-order valence-corrected chi connectivity index (χ4v) is 2.42. The second kappa shape index (κ2) is 7.65. The minimum Gasteiger partial charge on any atom is -0.450 e. The summed E-state index contributed by atoms with van der Waals surface area (Å²) in [4.78, 5) is 38.2. The van der Waals surface area contributed by atoms with Crippen molar-refractivity contribution in [3.8, 4) is 0 Å². The fraction of sp³-hybridized carbons (Fsp3) is 0.167. The summed E-state index contributed by atoms with van der Waals surface area (Å²) in [5, 5.41) is 2.46. The predicted octanol–water partition coefficient (Wildman–Crippen LogP) is 2.45. The van der Waals surface area contributed by atoms with Crippen molar-refractivity contribution < 1.29 is 14.3 Å². The van der Waals surface area contributed by atoms with Gasteiger partial charge < -0.3 is 15.4 Å². The lowest BCUT2D eigenvalue weighted by molar-refractivity contribution is 0.0988. The third-order valence-corrected chi connectivity index (χ3v) is 3.73. The summed E-state index contributed by atoms with van der Waals surface area (Å²) in [7, 11) is 1.65. The summed E-state index contributed by atoms with van der Waals surface area (Å²) in [6, 6.07) is 10.7. The van der Waals surface area contributed by atoms with Crippen molar-refractivity contribution in [2.45, 2.75) is 6.92 Å². The maximum absolute atomic E-state index is 12.7. The molecule has 0 radical (unpaired) electrons. The number of nitrogens with two attached hydrogens (primary N) is 1. The molecule has 3 N–H and O–H groups in total. The van der Waals surface area contributed by atoms with E-state index in [-0.39, 0.29) is 35.4 Å². The molecule has 27 heavy (non-hydrogen) atoms. The number of rotatable bonds is 4. The zero-order valence-corrected chi connectivity index (χ0v) is 14.8. The smallest absolute Gasteiger partial charge is 0.412 e. The van der Waals surface area contributed by atoms with Gasteiger partial charge in [0.25, 0.3) is 5.91 Å². The van der Waals surface area contributed by atoms with Crippen molar-refractivity contribution in [2.75, 3.05) is 29.6 Å². The van der Waals surface area contributed by atoms with Gasteiger partial charge >= 0.3 is 6.09 Å².